The highest BCUT2D eigenvalue weighted by atomic mass is 16.5. The summed E-state index contributed by atoms with van der Waals surface area (Å²) in [6.07, 6.45) is 4.42. The number of H-pyrrole nitrogens is 1. The molecule has 0 atom stereocenters. The topological polar surface area (TPSA) is 72.3 Å². The number of aromatic nitrogens is 4. The monoisotopic (exact) mass is 324 g/mol. The van der Waals surface area contributed by atoms with E-state index in [0.29, 0.717) is 24.0 Å². The molecule has 3 aromatic rings. The first kappa shape index (κ1) is 14.9. The van der Waals surface area contributed by atoms with Gasteiger partial charge in [0.05, 0.1) is 5.69 Å². The molecule has 1 saturated carbocycles. The normalized spacial score (nSPS) is 14.7. The maximum Gasteiger partial charge on any atom is 0.276 e. The molecule has 0 amide bonds. The zero-order valence-electron chi connectivity index (χ0n) is 13.7. The molecule has 0 saturated heterocycles. The maximum absolute atomic E-state index is 12.2. The molecule has 0 spiro atoms. The molecule has 24 heavy (non-hydrogen) atoms. The Balaban J connectivity index is 1.54. The van der Waals surface area contributed by atoms with Crippen molar-refractivity contribution >= 4 is 5.78 Å². The summed E-state index contributed by atoms with van der Waals surface area (Å²) in [5.41, 5.74) is 1.78. The third-order valence-corrected chi connectivity index (χ3v) is 4.60. The van der Waals surface area contributed by atoms with Crippen molar-refractivity contribution < 1.29 is 4.74 Å². The van der Waals surface area contributed by atoms with Gasteiger partial charge >= 0.3 is 0 Å². The molecule has 0 aliphatic heterocycles. The molecule has 1 fully saturated rings. The number of aryl methyl sites for hydroxylation is 1. The van der Waals surface area contributed by atoms with Gasteiger partial charge in [0.15, 0.2) is 5.82 Å². The fraction of sp³-hybridized carbons (Fsp3) is 0.389. The van der Waals surface area contributed by atoms with E-state index in [-0.39, 0.29) is 5.56 Å². The number of ether oxygens (including phenoxy) is 1. The van der Waals surface area contributed by atoms with Gasteiger partial charge in [0.2, 0.25) is 5.78 Å². The first-order chi connectivity index (χ1) is 11.7. The molecule has 4 rings (SSSR count). The van der Waals surface area contributed by atoms with Crippen LogP contribution in [0.5, 0.6) is 5.75 Å². The molecular weight excluding hydrogens is 304 g/mol. The highest BCUT2D eigenvalue weighted by Gasteiger charge is 2.24. The van der Waals surface area contributed by atoms with E-state index in [0.717, 1.165) is 30.8 Å². The van der Waals surface area contributed by atoms with Crippen LogP contribution in [0.15, 0.2) is 35.1 Å². The fourth-order valence-corrected chi connectivity index (χ4v) is 2.85. The third-order valence-electron chi connectivity index (χ3n) is 4.60. The van der Waals surface area contributed by atoms with Crippen LogP contribution in [0.25, 0.3) is 5.78 Å². The molecule has 1 aliphatic carbocycles. The van der Waals surface area contributed by atoms with Crippen molar-refractivity contribution in [2.75, 3.05) is 0 Å². The van der Waals surface area contributed by atoms with Gasteiger partial charge in [0, 0.05) is 12.0 Å². The molecule has 0 bridgehead atoms. The second-order valence-corrected chi connectivity index (χ2v) is 6.25. The van der Waals surface area contributed by atoms with Crippen molar-refractivity contribution in [2.45, 2.75) is 45.1 Å². The van der Waals surface area contributed by atoms with Crippen molar-refractivity contribution in [3.63, 3.8) is 0 Å². The highest BCUT2D eigenvalue weighted by Crippen LogP contribution is 2.34. The van der Waals surface area contributed by atoms with Gasteiger partial charge in [-0.1, -0.05) is 25.5 Å². The molecule has 1 aliphatic rings. The summed E-state index contributed by atoms with van der Waals surface area (Å²) in [6, 6.07) is 9.50. The van der Waals surface area contributed by atoms with Gasteiger partial charge in [-0.05, 0) is 37.0 Å². The number of nitrogens with one attached hydrogen (secondary N) is 1. The second-order valence-electron chi connectivity index (χ2n) is 6.25. The lowest BCUT2D eigenvalue weighted by Gasteiger charge is -2.21. The molecule has 124 valence electrons. The summed E-state index contributed by atoms with van der Waals surface area (Å²) in [5, 5.41) is 4.33. The third kappa shape index (κ3) is 2.79. The summed E-state index contributed by atoms with van der Waals surface area (Å²) >= 11 is 0. The highest BCUT2D eigenvalue weighted by molar-refractivity contribution is 5.30. The van der Waals surface area contributed by atoms with E-state index in [1.165, 1.54) is 22.6 Å². The van der Waals surface area contributed by atoms with Gasteiger partial charge < -0.3 is 9.72 Å². The molecule has 1 aromatic carbocycles. The van der Waals surface area contributed by atoms with E-state index in [1.54, 1.807) is 0 Å². The number of nitrogens with zero attached hydrogens (tertiary/aromatic N) is 3. The zero-order valence-corrected chi connectivity index (χ0v) is 13.7. The summed E-state index contributed by atoms with van der Waals surface area (Å²) in [7, 11) is 0. The molecule has 2 heterocycles. The molecule has 2 aromatic heterocycles. The van der Waals surface area contributed by atoms with Gasteiger partial charge in [-0.15, -0.1) is 5.10 Å². The number of rotatable bonds is 5. The Labute approximate surface area is 139 Å². The van der Waals surface area contributed by atoms with Crippen molar-refractivity contribution in [1.29, 1.82) is 0 Å². The van der Waals surface area contributed by atoms with Gasteiger partial charge in [-0.2, -0.15) is 9.50 Å². The summed E-state index contributed by atoms with van der Waals surface area (Å²) in [5.74, 6) is 2.44. The van der Waals surface area contributed by atoms with Crippen LogP contribution >= 0.6 is 0 Å². The van der Waals surface area contributed by atoms with Crippen LogP contribution in [0, 0.1) is 0 Å². The van der Waals surface area contributed by atoms with Crippen LogP contribution in [0.1, 0.15) is 49.2 Å². The summed E-state index contributed by atoms with van der Waals surface area (Å²) < 4.78 is 7.09. The Kier molecular flexibility index (Phi) is 3.80. The Morgan fingerprint density at radius 1 is 1.29 bits per heavy atom. The number of fused-ring (bicyclic) bond motifs is 1. The minimum Gasteiger partial charge on any atom is -0.487 e. The van der Waals surface area contributed by atoms with Gasteiger partial charge in [-0.25, -0.2) is 0 Å². The molecule has 1 N–H and O–H groups in total. The Morgan fingerprint density at radius 2 is 2.08 bits per heavy atom. The maximum atomic E-state index is 12.2. The predicted octanol–water partition coefficient (Wildman–Crippen LogP) is 2.83. The van der Waals surface area contributed by atoms with Crippen LogP contribution in [0.3, 0.4) is 0 Å². The standard InChI is InChI=1S/C18H20N4O2/c1-2-12-6-8-15(9-7-12)24-11-14-10-16(23)22-18(19-14)20-17(21-22)13-4-3-5-13/h6-10,13H,2-5,11H2,1H3,(H,19,20,21). The Bertz CT molecular complexity index is 907. The number of hydrogen-bond donors (Lipinski definition) is 1. The largest absolute Gasteiger partial charge is 0.487 e. The van der Waals surface area contributed by atoms with Crippen molar-refractivity contribution in [3.8, 4) is 5.75 Å². The zero-order chi connectivity index (χ0) is 16.5. The molecule has 0 unspecified atom stereocenters. The van der Waals surface area contributed by atoms with Crippen LogP contribution in [0.2, 0.25) is 0 Å². The summed E-state index contributed by atoms with van der Waals surface area (Å²) in [6.45, 7) is 2.41. The SMILES string of the molecule is CCc1ccc(OCc2cc(=O)n3nc(C4CCC4)nc3[nH]2)cc1. The first-order valence-electron chi connectivity index (χ1n) is 8.43. The van der Waals surface area contributed by atoms with E-state index < -0.39 is 0 Å². The Hall–Kier alpha value is -2.63. The van der Waals surface area contributed by atoms with Gasteiger partial charge in [0.1, 0.15) is 12.4 Å². The number of benzene rings is 1. The lowest BCUT2D eigenvalue weighted by Crippen LogP contribution is -2.17. The van der Waals surface area contributed by atoms with Crippen molar-refractivity contribution in [2.24, 2.45) is 0 Å². The van der Waals surface area contributed by atoms with Gasteiger partial charge in [0.25, 0.3) is 5.56 Å². The molecule has 6 heteroatoms. The molecule has 6 nitrogen and oxygen atoms in total. The minimum atomic E-state index is -0.179. The van der Waals surface area contributed by atoms with Crippen molar-refractivity contribution in [1.82, 2.24) is 19.6 Å². The summed E-state index contributed by atoms with van der Waals surface area (Å²) in [4.78, 5) is 19.8. The van der Waals surface area contributed by atoms with E-state index in [1.807, 2.05) is 24.3 Å². The number of aromatic amines is 1. The molecule has 0 radical (unpaired) electrons. The van der Waals surface area contributed by atoms with E-state index in [9.17, 15) is 4.79 Å². The average molecular weight is 324 g/mol. The predicted molar refractivity (Wildman–Crippen MR) is 90.4 cm³/mol. The first-order valence-corrected chi connectivity index (χ1v) is 8.43. The van der Waals surface area contributed by atoms with Crippen LogP contribution in [0.4, 0.5) is 0 Å². The van der Waals surface area contributed by atoms with E-state index in [4.69, 9.17) is 4.74 Å². The number of hydrogen-bond acceptors (Lipinski definition) is 4. The van der Waals surface area contributed by atoms with E-state index in [2.05, 4.69) is 22.0 Å². The lowest BCUT2D eigenvalue weighted by atomic mass is 9.85. The quantitative estimate of drug-likeness (QED) is 0.783. The average Bonchev–Trinajstić information content (AvgIpc) is 2.95. The van der Waals surface area contributed by atoms with E-state index >= 15 is 0 Å². The Morgan fingerprint density at radius 3 is 2.75 bits per heavy atom. The molecular formula is C18H20N4O2. The van der Waals surface area contributed by atoms with Crippen LogP contribution in [-0.2, 0) is 13.0 Å². The minimum absolute atomic E-state index is 0.179. The van der Waals surface area contributed by atoms with Crippen LogP contribution < -0.4 is 10.3 Å². The van der Waals surface area contributed by atoms with Crippen molar-refractivity contribution in [3.05, 3.63) is 57.8 Å². The fourth-order valence-electron chi connectivity index (χ4n) is 2.85. The van der Waals surface area contributed by atoms with Crippen LogP contribution in [-0.4, -0.2) is 19.6 Å². The second kappa shape index (κ2) is 6.11. The van der Waals surface area contributed by atoms with Gasteiger partial charge in [-0.3, -0.25) is 4.79 Å². The smallest absolute Gasteiger partial charge is 0.276 e. The lowest BCUT2D eigenvalue weighted by molar-refractivity contribution is 0.301.